The van der Waals surface area contributed by atoms with E-state index in [4.69, 9.17) is 0 Å². The molecule has 19 heavy (non-hydrogen) atoms. The molecule has 0 heterocycles. The second-order valence-corrected chi connectivity index (χ2v) is 4.70. The molecule has 1 nitrogen and oxygen atoms in total. The molecule has 100 valence electrons. The van der Waals surface area contributed by atoms with E-state index in [1.54, 1.807) is 6.07 Å². The molecular weight excluding hydrogens is 326 g/mol. The van der Waals surface area contributed by atoms with Crippen LogP contribution in [0.2, 0.25) is 0 Å². The third kappa shape index (κ3) is 3.26. The molecule has 2 aromatic carbocycles. The van der Waals surface area contributed by atoms with Crippen molar-refractivity contribution in [1.29, 1.82) is 0 Å². The van der Waals surface area contributed by atoms with Gasteiger partial charge in [0.1, 0.15) is 11.6 Å². The number of anilines is 1. The van der Waals surface area contributed by atoms with Crippen molar-refractivity contribution in [3.8, 4) is 0 Å². The van der Waals surface area contributed by atoms with Gasteiger partial charge in [0.15, 0.2) is 11.6 Å². The average molecular weight is 334 g/mol. The van der Waals surface area contributed by atoms with Gasteiger partial charge in [-0.3, -0.25) is 0 Å². The minimum atomic E-state index is -1.25. The van der Waals surface area contributed by atoms with Crippen molar-refractivity contribution >= 4 is 21.6 Å². The van der Waals surface area contributed by atoms with E-state index in [-0.39, 0.29) is 12.2 Å². The lowest BCUT2D eigenvalue weighted by atomic mass is 10.2. The van der Waals surface area contributed by atoms with Crippen LogP contribution in [0.15, 0.2) is 34.8 Å². The molecule has 0 fully saturated rings. The summed E-state index contributed by atoms with van der Waals surface area (Å²) < 4.78 is 52.6. The van der Waals surface area contributed by atoms with E-state index in [1.807, 2.05) is 0 Å². The van der Waals surface area contributed by atoms with Crippen molar-refractivity contribution in [3.05, 3.63) is 63.6 Å². The van der Waals surface area contributed by atoms with Gasteiger partial charge in [-0.15, -0.1) is 0 Å². The molecule has 2 aromatic rings. The third-order valence-electron chi connectivity index (χ3n) is 2.48. The largest absolute Gasteiger partial charge is 0.379 e. The van der Waals surface area contributed by atoms with E-state index >= 15 is 0 Å². The number of halogens is 5. The molecule has 0 amide bonds. The van der Waals surface area contributed by atoms with Gasteiger partial charge in [-0.1, -0.05) is 6.07 Å². The van der Waals surface area contributed by atoms with Crippen LogP contribution in [0.5, 0.6) is 0 Å². The molecule has 0 aliphatic rings. The molecule has 0 aromatic heterocycles. The highest BCUT2D eigenvalue weighted by atomic mass is 79.9. The Morgan fingerprint density at radius 2 is 1.53 bits per heavy atom. The first kappa shape index (κ1) is 13.9. The van der Waals surface area contributed by atoms with E-state index < -0.39 is 23.3 Å². The Bertz CT molecular complexity index is 616. The Morgan fingerprint density at radius 3 is 2.21 bits per heavy atom. The summed E-state index contributed by atoms with van der Waals surface area (Å²) in [6, 6.07) is 5.57. The van der Waals surface area contributed by atoms with Gasteiger partial charge in [-0.25, -0.2) is 17.6 Å². The molecule has 0 saturated carbocycles. The number of hydrogen-bond donors (Lipinski definition) is 1. The van der Waals surface area contributed by atoms with Crippen LogP contribution in [-0.4, -0.2) is 0 Å². The number of rotatable bonds is 3. The molecule has 0 aliphatic heterocycles. The van der Waals surface area contributed by atoms with E-state index in [1.165, 1.54) is 12.1 Å². The number of nitrogens with one attached hydrogen (secondary N) is 1. The van der Waals surface area contributed by atoms with E-state index in [0.29, 0.717) is 16.1 Å². The Morgan fingerprint density at radius 1 is 0.842 bits per heavy atom. The van der Waals surface area contributed by atoms with Gasteiger partial charge in [0.25, 0.3) is 0 Å². The summed E-state index contributed by atoms with van der Waals surface area (Å²) in [7, 11) is 0. The molecule has 0 bridgehead atoms. The molecule has 2 rings (SSSR count). The zero-order valence-electron chi connectivity index (χ0n) is 9.48. The highest BCUT2D eigenvalue weighted by molar-refractivity contribution is 9.10. The monoisotopic (exact) mass is 333 g/mol. The summed E-state index contributed by atoms with van der Waals surface area (Å²) >= 11 is 3.01. The van der Waals surface area contributed by atoms with Crippen LogP contribution in [0.4, 0.5) is 23.2 Å². The quantitative estimate of drug-likeness (QED) is 0.638. The normalized spacial score (nSPS) is 10.6. The lowest BCUT2D eigenvalue weighted by Gasteiger charge is -2.08. The second-order valence-electron chi connectivity index (χ2n) is 3.85. The van der Waals surface area contributed by atoms with Gasteiger partial charge >= 0.3 is 0 Å². The Balaban J connectivity index is 2.14. The van der Waals surface area contributed by atoms with Gasteiger partial charge < -0.3 is 5.32 Å². The fourth-order valence-corrected chi connectivity index (χ4v) is 1.75. The van der Waals surface area contributed by atoms with Crippen molar-refractivity contribution in [2.75, 3.05) is 5.32 Å². The first-order chi connectivity index (χ1) is 8.97. The zero-order valence-corrected chi connectivity index (χ0v) is 11.1. The first-order valence-electron chi connectivity index (χ1n) is 5.29. The summed E-state index contributed by atoms with van der Waals surface area (Å²) in [6.07, 6.45) is 0. The third-order valence-corrected chi connectivity index (χ3v) is 3.12. The Kier molecular flexibility index (Phi) is 4.09. The van der Waals surface area contributed by atoms with E-state index in [0.717, 1.165) is 6.07 Å². The zero-order chi connectivity index (χ0) is 14.0. The van der Waals surface area contributed by atoms with Crippen LogP contribution in [0, 0.1) is 23.3 Å². The van der Waals surface area contributed by atoms with Gasteiger partial charge in [0, 0.05) is 18.7 Å². The predicted octanol–water partition coefficient (Wildman–Crippen LogP) is 4.62. The maximum Gasteiger partial charge on any atom is 0.161 e. The van der Waals surface area contributed by atoms with Crippen molar-refractivity contribution in [1.82, 2.24) is 0 Å². The molecule has 0 unspecified atom stereocenters. The maximum atomic E-state index is 13.3. The van der Waals surface area contributed by atoms with Crippen molar-refractivity contribution in [2.24, 2.45) is 0 Å². The summed E-state index contributed by atoms with van der Waals surface area (Å²) in [5.74, 6) is -3.76. The lowest BCUT2D eigenvalue weighted by Crippen LogP contribution is -2.03. The van der Waals surface area contributed by atoms with Crippen LogP contribution >= 0.6 is 15.9 Å². The molecule has 0 radical (unpaired) electrons. The minimum Gasteiger partial charge on any atom is -0.379 e. The summed E-state index contributed by atoms with van der Waals surface area (Å²) in [5.41, 5.74) is 0.368. The molecule has 0 saturated heterocycles. The average Bonchev–Trinajstić information content (AvgIpc) is 2.36. The van der Waals surface area contributed by atoms with E-state index in [9.17, 15) is 17.6 Å². The van der Waals surface area contributed by atoms with Crippen molar-refractivity contribution in [3.63, 3.8) is 0 Å². The van der Waals surface area contributed by atoms with E-state index in [2.05, 4.69) is 21.2 Å². The standard InChI is InChI=1S/C13H8BrF4N/c14-8-2-1-7(3-9(8)15)6-19-13-5-11(17)10(16)4-12(13)18/h1-5,19H,6H2. The van der Waals surface area contributed by atoms with Crippen LogP contribution in [0.1, 0.15) is 5.56 Å². The van der Waals surface area contributed by atoms with Gasteiger partial charge in [0.2, 0.25) is 0 Å². The fourth-order valence-electron chi connectivity index (χ4n) is 1.50. The van der Waals surface area contributed by atoms with Crippen LogP contribution in [0.25, 0.3) is 0 Å². The molecule has 1 N–H and O–H groups in total. The molecule has 0 aliphatic carbocycles. The topological polar surface area (TPSA) is 12.0 Å². The van der Waals surface area contributed by atoms with Gasteiger partial charge in [-0.2, -0.15) is 0 Å². The molecule has 0 atom stereocenters. The SMILES string of the molecule is Fc1cc(F)c(NCc2ccc(Br)c(F)c2)cc1F. The highest BCUT2D eigenvalue weighted by Crippen LogP contribution is 2.20. The summed E-state index contributed by atoms with van der Waals surface area (Å²) in [4.78, 5) is 0. The number of hydrogen-bond acceptors (Lipinski definition) is 1. The summed E-state index contributed by atoms with van der Waals surface area (Å²) in [6.45, 7) is 0.0895. The second kappa shape index (κ2) is 5.61. The Hall–Kier alpha value is -1.56. The van der Waals surface area contributed by atoms with Gasteiger partial charge in [0.05, 0.1) is 10.2 Å². The van der Waals surface area contributed by atoms with Crippen LogP contribution in [-0.2, 0) is 6.54 Å². The molecular formula is C13H8BrF4N. The van der Waals surface area contributed by atoms with Crippen molar-refractivity contribution in [2.45, 2.75) is 6.54 Å². The summed E-state index contributed by atoms with van der Waals surface area (Å²) in [5, 5.41) is 2.58. The van der Waals surface area contributed by atoms with Crippen LogP contribution in [0.3, 0.4) is 0 Å². The number of benzene rings is 2. The predicted molar refractivity (Wildman–Crippen MR) is 67.7 cm³/mol. The molecule has 6 heteroatoms. The maximum absolute atomic E-state index is 13.3. The minimum absolute atomic E-state index is 0.0895. The van der Waals surface area contributed by atoms with Crippen LogP contribution < -0.4 is 5.32 Å². The highest BCUT2D eigenvalue weighted by Gasteiger charge is 2.09. The Labute approximate surface area is 115 Å². The molecule has 0 spiro atoms. The van der Waals surface area contributed by atoms with Crippen molar-refractivity contribution < 1.29 is 17.6 Å². The fraction of sp³-hybridized carbons (Fsp3) is 0.0769. The smallest absolute Gasteiger partial charge is 0.161 e. The van der Waals surface area contributed by atoms with Gasteiger partial charge in [-0.05, 0) is 33.6 Å². The lowest BCUT2D eigenvalue weighted by molar-refractivity contribution is 0.496. The first-order valence-corrected chi connectivity index (χ1v) is 6.09.